The quantitative estimate of drug-likeness (QED) is 0.773. The molecule has 0 heterocycles. The van der Waals surface area contributed by atoms with Gasteiger partial charge in [-0.15, -0.1) is 0 Å². The molecule has 1 unspecified atom stereocenters. The van der Waals surface area contributed by atoms with Crippen LogP contribution >= 0.6 is 0 Å². The van der Waals surface area contributed by atoms with Gasteiger partial charge in [0.1, 0.15) is 5.75 Å². The molecule has 1 rings (SSSR count). The van der Waals surface area contributed by atoms with Crippen LogP contribution in [0.25, 0.3) is 0 Å². The Kier molecular flexibility index (Phi) is 4.98. The van der Waals surface area contributed by atoms with Crippen LogP contribution in [0.5, 0.6) is 5.75 Å². The zero-order valence-corrected chi connectivity index (χ0v) is 11.8. The van der Waals surface area contributed by atoms with E-state index in [1.807, 2.05) is 13.8 Å². The number of benzene rings is 1. The van der Waals surface area contributed by atoms with Gasteiger partial charge in [0, 0.05) is 12.6 Å². The fraction of sp³-hybridized carbons (Fsp3) is 0.500. The Morgan fingerprint density at radius 3 is 2.61 bits per heavy atom. The van der Waals surface area contributed by atoms with Crippen LogP contribution in [-0.2, 0) is 10.0 Å². The molecule has 0 spiro atoms. The van der Waals surface area contributed by atoms with Gasteiger partial charge < -0.3 is 10.5 Å². The summed E-state index contributed by atoms with van der Waals surface area (Å²) in [6, 6.07) is 4.47. The van der Waals surface area contributed by atoms with Crippen LogP contribution in [0.1, 0.15) is 27.2 Å². The van der Waals surface area contributed by atoms with Crippen molar-refractivity contribution in [1.29, 1.82) is 0 Å². The van der Waals surface area contributed by atoms with Crippen molar-refractivity contribution in [1.82, 2.24) is 4.72 Å². The van der Waals surface area contributed by atoms with E-state index in [4.69, 9.17) is 10.5 Å². The third-order valence-corrected chi connectivity index (χ3v) is 4.08. The van der Waals surface area contributed by atoms with Crippen LogP contribution in [0.2, 0.25) is 0 Å². The van der Waals surface area contributed by atoms with Crippen molar-refractivity contribution in [2.75, 3.05) is 12.3 Å². The van der Waals surface area contributed by atoms with Crippen molar-refractivity contribution in [2.24, 2.45) is 0 Å². The summed E-state index contributed by atoms with van der Waals surface area (Å²) >= 11 is 0. The lowest BCUT2D eigenvalue weighted by atomic mass is 10.3. The topological polar surface area (TPSA) is 81.4 Å². The van der Waals surface area contributed by atoms with Gasteiger partial charge in [-0.3, -0.25) is 0 Å². The fourth-order valence-electron chi connectivity index (χ4n) is 1.36. The molecule has 0 fully saturated rings. The molecule has 0 amide bonds. The van der Waals surface area contributed by atoms with Crippen LogP contribution in [-0.4, -0.2) is 21.1 Å². The zero-order valence-electron chi connectivity index (χ0n) is 10.9. The first kappa shape index (κ1) is 14.8. The average Bonchev–Trinajstić information content (AvgIpc) is 2.31. The number of hydrogen-bond acceptors (Lipinski definition) is 4. The van der Waals surface area contributed by atoms with Gasteiger partial charge in [0.2, 0.25) is 10.0 Å². The van der Waals surface area contributed by atoms with Crippen LogP contribution in [0.3, 0.4) is 0 Å². The maximum Gasteiger partial charge on any atom is 0.240 e. The predicted molar refractivity (Wildman–Crippen MR) is 72.1 cm³/mol. The molecule has 0 saturated carbocycles. The second kappa shape index (κ2) is 6.06. The third kappa shape index (κ3) is 3.61. The normalized spacial score (nSPS) is 13.3. The molecular weight excluding hydrogens is 252 g/mol. The van der Waals surface area contributed by atoms with Gasteiger partial charge in [0.15, 0.2) is 0 Å². The number of nitrogens with two attached hydrogens (primary N) is 1. The molecular formula is C12H20N2O3S. The molecule has 6 heteroatoms. The van der Waals surface area contributed by atoms with Crippen LogP contribution in [0, 0.1) is 0 Å². The molecule has 0 aromatic heterocycles. The van der Waals surface area contributed by atoms with E-state index in [1.54, 1.807) is 13.0 Å². The maximum atomic E-state index is 11.8. The number of nitrogens with one attached hydrogen (secondary N) is 1. The summed E-state index contributed by atoms with van der Waals surface area (Å²) in [4.78, 5) is 0.164. The Hall–Kier alpha value is -1.27. The van der Waals surface area contributed by atoms with E-state index >= 15 is 0 Å². The molecule has 5 nitrogen and oxygen atoms in total. The van der Waals surface area contributed by atoms with Crippen molar-refractivity contribution in [3.63, 3.8) is 0 Å². The molecule has 3 N–H and O–H groups in total. The fourth-order valence-corrected chi connectivity index (χ4v) is 2.41. The largest absolute Gasteiger partial charge is 0.489 e. The van der Waals surface area contributed by atoms with Gasteiger partial charge in [0.25, 0.3) is 0 Å². The Balaban J connectivity index is 3.08. The van der Waals surface area contributed by atoms with Gasteiger partial charge >= 0.3 is 0 Å². The van der Waals surface area contributed by atoms with Crippen molar-refractivity contribution < 1.29 is 13.2 Å². The zero-order chi connectivity index (χ0) is 13.8. The minimum absolute atomic E-state index is 0.00983. The number of rotatable bonds is 6. The highest BCUT2D eigenvalue weighted by Gasteiger charge is 2.15. The summed E-state index contributed by atoms with van der Waals surface area (Å²) in [5, 5.41) is 0. The number of sulfonamides is 1. The summed E-state index contributed by atoms with van der Waals surface area (Å²) in [5.74, 6) is 0.406. The minimum Gasteiger partial charge on any atom is -0.489 e. The predicted octanol–water partition coefficient (Wildman–Crippen LogP) is 1.74. The van der Waals surface area contributed by atoms with E-state index in [9.17, 15) is 8.42 Å². The number of hydrogen-bond donors (Lipinski definition) is 2. The van der Waals surface area contributed by atoms with Crippen LogP contribution in [0.15, 0.2) is 23.1 Å². The highest BCUT2D eigenvalue weighted by Crippen LogP contribution is 2.26. The van der Waals surface area contributed by atoms with Gasteiger partial charge in [0.05, 0.1) is 16.7 Å². The first-order valence-electron chi connectivity index (χ1n) is 5.96. The SMILES string of the molecule is CCNS(=O)(=O)c1ccc(N)c(OC(C)CC)c1. The van der Waals surface area contributed by atoms with E-state index in [0.29, 0.717) is 18.0 Å². The molecule has 1 aromatic carbocycles. The molecule has 1 aromatic rings. The summed E-state index contributed by atoms with van der Waals surface area (Å²) in [5.41, 5.74) is 6.21. The van der Waals surface area contributed by atoms with Crippen LogP contribution in [0.4, 0.5) is 5.69 Å². The van der Waals surface area contributed by atoms with Crippen molar-refractivity contribution in [2.45, 2.75) is 38.2 Å². The summed E-state index contributed by atoms with van der Waals surface area (Å²) in [7, 11) is -3.48. The Morgan fingerprint density at radius 2 is 2.06 bits per heavy atom. The molecule has 0 radical (unpaired) electrons. The maximum absolute atomic E-state index is 11.8. The third-order valence-electron chi connectivity index (χ3n) is 2.53. The standard InChI is InChI=1S/C12H20N2O3S/c1-4-9(3)17-12-8-10(6-7-11(12)13)18(15,16)14-5-2/h6-9,14H,4-5,13H2,1-3H3. The van der Waals surface area contributed by atoms with Gasteiger partial charge in [-0.2, -0.15) is 0 Å². The van der Waals surface area contributed by atoms with Gasteiger partial charge in [-0.05, 0) is 25.5 Å². The second-order valence-corrected chi connectivity index (χ2v) is 5.80. The molecule has 18 heavy (non-hydrogen) atoms. The minimum atomic E-state index is -3.48. The Morgan fingerprint density at radius 1 is 1.39 bits per heavy atom. The monoisotopic (exact) mass is 272 g/mol. The lowest BCUT2D eigenvalue weighted by Crippen LogP contribution is -2.23. The highest BCUT2D eigenvalue weighted by atomic mass is 32.2. The number of anilines is 1. The van der Waals surface area contributed by atoms with E-state index in [1.165, 1.54) is 12.1 Å². The first-order chi connectivity index (χ1) is 8.40. The summed E-state index contributed by atoms with van der Waals surface area (Å²) < 4.78 is 31.7. The van der Waals surface area contributed by atoms with E-state index in [2.05, 4.69) is 4.72 Å². The molecule has 0 bridgehead atoms. The second-order valence-electron chi connectivity index (χ2n) is 4.04. The van der Waals surface area contributed by atoms with Crippen LogP contribution < -0.4 is 15.2 Å². The summed E-state index contributed by atoms with van der Waals surface area (Å²) in [6.45, 7) is 5.96. The Bertz CT molecular complexity index is 500. The van der Waals surface area contributed by atoms with Crippen molar-refractivity contribution >= 4 is 15.7 Å². The smallest absolute Gasteiger partial charge is 0.240 e. The Labute approximate surface area is 108 Å². The van der Waals surface area contributed by atoms with E-state index in [-0.39, 0.29) is 11.0 Å². The average molecular weight is 272 g/mol. The van der Waals surface area contributed by atoms with Gasteiger partial charge in [-0.25, -0.2) is 13.1 Å². The lowest BCUT2D eigenvalue weighted by Gasteiger charge is -2.15. The van der Waals surface area contributed by atoms with Crippen molar-refractivity contribution in [3.05, 3.63) is 18.2 Å². The van der Waals surface area contributed by atoms with E-state index < -0.39 is 10.0 Å². The first-order valence-corrected chi connectivity index (χ1v) is 7.44. The molecule has 0 saturated heterocycles. The van der Waals surface area contributed by atoms with E-state index in [0.717, 1.165) is 6.42 Å². The number of nitrogen functional groups attached to an aromatic ring is 1. The highest BCUT2D eigenvalue weighted by molar-refractivity contribution is 7.89. The number of ether oxygens (including phenoxy) is 1. The molecule has 0 aliphatic carbocycles. The summed E-state index contributed by atoms with van der Waals surface area (Å²) in [6.07, 6.45) is 0.813. The molecule has 0 aliphatic heterocycles. The van der Waals surface area contributed by atoms with Gasteiger partial charge in [-0.1, -0.05) is 13.8 Å². The lowest BCUT2D eigenvalue weighted by molar-refractivity contribution is 0.218. The molecule has 102 valence electrons. The molecule has 0 aliphatic rings. The van der Waals surface area contributed by atoms with Crippen molar-refractivity contribution in [3.8, 4) is 5.75 Å². The molecule has 1 atom stereocenters.